The van der Waals surface area contributed by atoms with Gasteiger partial charge in [0.15, 0.2) is 0 Å². The number of halogens is 1. The van der Waals surface area contributed by atoms with Crippen molar-refractivity contribution in [1.29, 1.82) is 5.41 Å². The SMILES string of the molecule is COC(=N)c1c(O)cccc1Cl. The first-order valence-electron chi connectivity index (χ1n) is 3.27. The minimum atomic E-state index is -0.141. The van der Waals surface area contributed by atoms with Crippen LogP contribution in [0.25, 0.3) is 0 Å². The van der Waals surface area contributed by atoms with Crippen molar-refractivity contribution in [3.63, 3.8) is 0 Å². The van der Waals surface area contributed by atoms with Gasteiger partial charge < -0.3 is 9.84 Å². The van der Waals surface area contributed by atoms with Crippen molar-refractivity contribution in [2.24, 2.45) is 0 Å². The van der Waals surface area contributed by atoms with Gasteiger partial charge in [0.1, 0.15) is 5.75 Å². The summed E-state index contributed by atoms with van der Waals surface area (Å²) in [6.45, 7) is 0. The van der Waals surface area contributed by atoms with E-state index >= 15 is 0 Å². The van der Waals surface area contributed by atoms with Crippen LogP contribution >= 0.6 is 11.6 Å². The van der Waals surface area contributed by atoms with Crippen molar-refractivity contribution in [2.45, 2.75) is 0 Å². The molecule has 2 N–H and O–H groups in total. The average molecular weight is 186 g/mol. The van der Waals surface area contributed by atoms with E-state index in [4.69, 9.17) is 17.0 Å². The maximum absolute atomic E-state index is 9.29. The summed E-state index contributed by atoms with van der Waals surface area (Å²) >= 11 is 5.72. The molecule has 3 nitrogen and oxygen atoms in total. The van der Waals surface area contributed by atoms with Gasteiger partial charge in [-0.05, 0) is 12.1 Å². The van der Waals surface area contributed by atoms with E-state index in [0.717, 1.165) is 0 Å². The highest BCUT2D eigenvalue weighted by Gasteiger charge is 2.11. The van der Waals surface area contributed by atoms with Gasteiger partial charge in [-0.3, -0.25) is 5.41 Å². The molecule has 0 aliphatic carbocycles. The second-order valence-electron chi connectivity index (χ2n) is 2.17. The van der Waals surface area contributed by atoms with Gasteiger partial charge in [-0.25, -0.2) is 0 Å². The number of ether oxygens (including phenoxy) is 1. The molecule has 0 amide bonds. The molecule has 1 rings (SSSR count). The molecule has 1 aromatic rings. The predicted molar refractivity (Wildman–Crippen MR) is 47.0 cm³/mol. The molecule has 0 aromatic heterocycles. The lowest BCUT2D eigenvalue weighted by molar-refractivity contribution is 0.396. The summed E-state index contributed by atoms with van der Waals surface area (Å²) in [5.74, 6) is -0.188. The van der Waals surface area contributed by atoms with Gasteiger partial charge >= 0.3 is 0 Å². The first-order valence-corrected chi connectivity index (χ1v) is 3.65. The zero-order valence-electron chi connectivity index (χ0n) is 6.47. The molecule has 0 spiro atoms. The Morgan fingerprint density at radius 3 is 2.75 bits per heavy atom. The Bertz CT molecular complexity index is 292. The van der Waals surface area contributed by atoms with Crippen LogP contribution in [0, 0.1) is 5.41 Å². The minimum absolute atomic E-state index is 0.0469. The molecule has 0 aliphatic rings. The molecule has 0 heterocycles. The number of phenols is 1. The van der Waals surface area contributed by atoms with Crippen LogP contribution in [0.15, 0.2) is 18.2 Å². The van der Waals surface area contributed by atoms with Crippen molar-refractivity contribution in [2.75, 3.05) is 7.11 Å². The van der Waals surface area contributed by atoms with Crippen molar-refractivity contribution < 1.29 is 9.84 Å². The topological polar surface area (TPSA) is 53.3 Å². The molecule has 0 bridgehead atoms. The number of methoxy groups -OCH3 is 1. The van der Waals surface area contributed by atoms with E-state index in [1.807, 2.05) is 0 Å². The zero-order chi connectivity index (χ0) is 9.14. The Hall–Kier alpha value is -1.22. The fourth-order valence-electron chi connectivity index (χ4n) is 0.840. The third kappa shape index (κ3) is 1.51. The van der Waals surface area contributed by atoms with E-state index in [1.54, 1.807) is 12.1 Å². The Morgan fingerprint density at radius 1 is 1.58 bits per heavy atom. The largest absolute Gasteiger partial charge is 0.507 e. The number of benzene rings is 1. The maximum atomic E-state index is 9.29. The van der Waals surface area contributed by atoms with Crippen LogP contribution in [-0.4, -0.2) is 18.1 Å². The lowest BCUT2D eigenvalue weighted by atomic mass is 10.2. The molecule has 0 unspecified atom stereocenters. The second-order valence-corrected chi connectivity index (χ2v) is 2.57. The number of phenolic OH excluding ortho intramolecular Hbond substituents is 1. The van der Waals surface area contributed by atoms with Gasteiger partial charge in [0.25, 0.3) is 0 Å². The van der Waals surface area contributed by atoms with Crippen LogP contribution in [-0.2, 0) is 4.74 Å². The molecule has 0 fully saturated rings. The van der Waals surface area contributed by atoms with Crippen LogP contribution in [0.4, 0.5) is 0 Å². The number of aromatic hydroxyl groups is 1. The summed E-state index contributed by atoms with van der Waals surface area (Å²) < 4.78 is 4.64. The van der Waals surface area contributed by atoms with E-state index in [9.17, 15) is 5.11 Å². The number of hydrogen-bond donors (Lipinski definition) is 2. The van der Waals surface area contributed by atoms with Crippen LogP contribution in [0.1, 0.15) is 5.56 Å². The smallest absolute Gasteiger partial charge is 0.218 e. The first kappa shape index (κ1) is 8.87. The summed E-state index contributed by atoms with van der Waals surface area (Å²) in [5.41, 5.74) is 0.224. The van der Waals surface area contributed by atoms with E-state index in [-0.39, 0.29) is 17.2 Å². The van der Waals surface area contributed by atoms with Gasteiger partial charge in [0.2, 0.25) is 5.90 Å². The fraction of sp³-hybridized carbons (Fsp3) is 0.125. The van der Waals surface area contributed by atoms with Crippen molar-refractivity contribution in [3.05, 3.63) is 28.8 Å². The summed E-state index contributed by atoms with van der Waals surface area (Å²) in [7, 11) is 1.35. The summed E-state index contributed by atoms with van der Waals surface area (Å²) in [5, 5.41) is 16.9. The lowest BCUT2D eigenvalue weighted by Gasteiger charge is -2.05. The molecule has 0 atom stereocenters. The Kier molecular flexibility index (Phi) is 2.55. The molecule has 1 aromatic carbocycles. The molecule has 64 valence electrons. The molecule has 0 saturated carbocycles. The van der Waals surface area contributed by atoms with Gasteiger partial charge in [-0.1, -0.05) is 17.7 Å². The lowest BCUT2D eigenvalue weighted by Crippen LogP contribution is -2.02. The summed E-state index contributed by atoms with van der Waals surface area (Å²) in [6, 6.07) is 4.64. The van der Waals surface area contributed by atoms with E-state index in [0.29, 0.717) is 5.02 Å². The molecular weight excluding hydrogens is 178 g/mol. The van der Waals surface area contributed by atoms with Gasteiger partial charge in [-0.15, -0.1) is 0 Å². The van der Waals surface area contributed by atoms with Gasteiger partial charge in [0.05, 0.1) is 17.7 Å². The molecule has 0 radical (unpaired) electrons. The average Bonchev–Trinajstić information content (AvgIpc) is 2.03. The van der Waals surface area contributed by atoms with Gasteiger partial charge in [-0.2, -0.15) is 0 Å². The maximum Gasteiger partial charge on any atom is 0.218 e. The highest BCUT2D eigenvalue weighted by molar-refractivity contribution is 6.34. The van der Waals surface area contributed by atoms with Crippen LogP contribution in [0.2, 0.25) is 5.02 Å². The summed E-state index contributed by atoms with van der Waals surface area (Å²) in [4.78, 5) is 0. The Morgan fingerprint density at radius 2 is 2.25 bits per heavy atom. The first-order chi connectivity index (χ1) is 5.66. The minimum Gasteiger partial charge on any atom is -0.507 e. The van der Waals surface area contributed by atoms with E-state index in [1.165, 1.54) is 13.2 Å². The highest BCUT2D eigenvalue weighted by Crippen LogP contribution is 2.25. The number of rotatable bonds is 1. The third-order valence-electron chi connectivity index (χ3n) is 1.42. The highest BCUT2D eigenvalue weighted by atomic mass is 35.5. The number of nitrogens with one attached hydrogen (secondary N) is 1. The Labute approximate surface area is 75.1 Å². The normalized spacial score (nSPS) is 9.50. The summed E-state index contributed by atoms with van der Waals surface area (Å²) in [6.07, 6.45) is 0. The van der Waals surface area contributed by atoms with Crippen molar-refractivity contribution in [1.82, 2.24) is 0 Å². The van der Waals surface area contributed by atoms with Crippen molar-refractivity contribution in [3.8, 4) is 5.75 Å². The van der Waals surface area contributed by atoms with E-state index < -0.39 is 0 Å². The molecule has 0 saturated heterocycles. The quantitative estimate of drug-likeness (QED) is 0.520. The predicted octanol–water partition coefficient (Wildman–Crippen LogP) is 2.02. The molecule has 4 heteroatoms. The second kappa shape index (κ2) is 3.45. The van der Waals surface area contributed by atoms with Crippen LogP contribution in [0.3, 0.4) is 0 Å². The van der Waals surface area contributed by atoms with Crippen LogP contribution < -0.4 is 0 Å². The molecule has 0 aliphatic heterocycles. The fourth-order valence-corrected chi connectivity index (χ4v) is 1.09. The molecular formula is C8H8ClNO2. The van der Waals surface area contributed by atoms with E-state index in [2.05, 4.69) is 4.74 Å². The third-order valence-corrected chi connectivity index (χ3v) is 1.74. The Balaban J connectivity index is 3.21. The zero-order valence-corrected chi connectivity index (χ0v) is 7.22. The number of hydrogen-bond acceptors (Lipinski definition) is 3. The van der Waals surface area contributed by atoms with Crippen molar-refractivity contribution >= 4 is 17.5 Å². The molecule has 12 heavy (non-hydrogen) atoms. The monoisotopic (exact) mass is 185 g/mol. The van der Waals surface area contributed by atoms with Gasteiger partial charge in [0, 0.05) is 0 Å². The van der Waals surface area contributed by atoms with Crippen LogP contribution in [0.5, 0.6) is 5.75 Å². The standard InChI is InChI=1S/C8H8ClNO2/c1-12-8(10)7-5(9)3-2-4-6(7)11/h2-4,10-11H,1H3.